The van der Waals surface area contributed by atoms with E-state index in [0.717, 1.165) is 25.0 Å². The van der Waals surface area contributed by atoms with Gasteiger partial charge in [0.1, 0.15) is 4.88 Å². The van der Waals surface area contributed by atoms with E-state index in [1.807, 2.05) is 0 Å². The second kappa shape index (κ2) is 13.4. The van der Waals surface area contributed by atoms with Crippen molar-refractivity contribution in [2.24, 2.45) is 4.99 Å². The highest BCUT2D eigenvalue weighted by atomic mass is 35.5. The van der Waals surface area contributed by atoms with Crippen LogP contribution in [0.1, 0.15) is 81.6 Å². The van der Waals surface area contributed by atoms with Crippen molar-refractivity contribution >= 4 is 47.1 Å². The van der Waals surface area contributed by atoms with Crippen LogP contribution < -0.4 is 0 Å². The smallest absolute Gasteiger partial charge is 0.417 e. The molecule has 0 spiro atoms. The highest BCUT2D eigenvalue weighted by Crippen LogP contribution is 2.37. The van der Waals surface area contributed by atoms with Gasteiger partial charge in [-0.25, -0.2) is 0 Å². The molecule has 0 atom stereocenters. The van der Waals surface area contributed by atoms with Gasteiger partial charge in [-0.2, -0.15) is 13.2 Å². The predicted molar refractivity (Wildman–Crippen MR) is 130 cm³/mol. The third-order valence-corrected chi connectivity index (χ3v) is 6.92. The number of benzene rings is 1. The van der Waals surface area contributed by atoms with Crippen molar-refractivity contribution in [2.75, 3.05) is 0 Å². The van der Waals surface area contributed by atoms with Crippen molar-refractivity contribution in [3.05, 3.63) is 37.6 Å². The number of thiazole rings is 1. The van der Waals surface area contributed by atoms with Gasteiger partial charge in [0.05, 0.1) is 22.5 Å². The fourth-order valence-electron chi connectivity index (χ4n) is 3.40. The lowest BCUT2D eigenvalue weighted by Gasteiger charge is -2.09. The Kier molecular flexibility index (Phi) is 11.2. The molecule has 0 aliphatic carbocycles. The van der Waals surface area contributed by atoms with Crippen molar-refractivity contribution < 1.29 is 18.3 Å². The summed E-state index contributed by atoms with van der Waals surface area (Å²) in [6.45, 7) is 2.84. The average Bonchev–Trinajstić information content (AvgIpc) is 3.01. The number of rotatable bonds is 13. The minimum Gasteiger partial charge on any atom is -0.493 e. The average molecular weight is 507 g/mol. The zero-order chi connectivity index (χ0) is 23.6. The number of aromatic nitrogens is 1. The molecule has 0 unspecified atom stereocenters. The fourth-order valence-corrected chi connectivity index (χ4v) is 4.85. The number of halogens is 4. The Morgan fingerprint density at radius 2 is 1.66 bits per heavy atom. The van der Waals surface area contributed by atoms with Crippen LogP contribution in [-0.2, 0) is 12.7 Å². The van der Waals surface area contributed by atoms with Crippen LogP contribution in [0, 0.1) is 3.95 Å². The highest BCUT2D eigenvalue weighted by molar-refractivity contribution is 7.73. The number of hydrogen-bond donors (Lipinski definition) is 1. The van der Waals surface area contributed by atoms with Gasteiger partial charge in [0.15, 0.2) is 3.95 Å². The molecule has 0 saturated heterocycles. The normalized spacial score (nSPS) is 12.2. The number of nitrogens with zero attached hydrogens (tertiary/aromatic N) is 2. The summed E-state index contributed by atoms with van der Waals surface area (Å²) in [5.41, 5.74) is -0.842. The maximum absolute atomic E-state index is 13.0. The lowest BCUT2D eigenvalue weighted by atomic mass is 10.1. The Bertz CT molecular complexity index is 938. The number of alkyl halides is 3. The van der Waals surface area contributed by atoms with E-state index in [1.165, 1.54) is 75.0 Å². The molecule has 2 aromatic rings. The SMILES string of the molecule is CCCCCCCCCCCCn1c(O)c(C=Nc2ccc(Cl)c(C(F)(F)F)c2)sc1=S. The zero-order valence-corrected chi connectivity index (χ0v) is 20.6. The summed E-state index contributed by atoms with van der Waals surface area (Å²) >= 11 is 12.2. The van der Waals surface area contributed by atoms with E-state index in [1.54, 1.807) is 4.57 Å². The molecular formula is C23H30ClF3N2OS2. The van der Waals surface area contributed by atoms with Crippen LogP contribution in [0.4, 0.5) is 18.9 Å². The first-order chi connectivity index (χ1) is 15.2. The summed E-state index contributed by atoms with van der Waals surface area (Å²) in [6, 6.07) is 3.44. The van der Waals surface area contributed by atoms with Gasteiger partial charge in [-0.3, -0.25) is 9.56 Å². The van der Waals surface area contributed by atoms with Gasteiger partial charge in [0.2, 0.25) is 5.88 Å². The molecule has 1 aromatic heterocycles. The quantitative estimate of drug-likeness (QED) is 0.167. The lowest BCUT2D eigenvalue weighted by molar-refractivity contribution is -0.137. The van der Waals surface area contributed by atoms with Crippen LogP contribution in [0.5, 0.6) is 5.88 Å². The van der Waals surface area contributed by atoms with Crippen molar-refractivity contribution in [1.29, 1.82) is 0 Å². The molecule has 0 amide bonds. The van der Waals surface area contributed by atoms with Crippen molar-refractivity contribution in [3.63, 3.8) is 0 Å². The lowest BCUT2D eigenvalue weighted by Crippen LogP contribution is -2.05. The minimum absolute atomic E-state index is 0.00434. The van der Waals surface area contributed by atoms with Crippen LogP contribution in [0.2, 0.25) is 5.02 Å². The largest absolute Gasteiger partial charge is 0.493 e. The first-order valence-electron chi connectivity index (χ1n) is 11.1. The molecule has 0 saturated carbocycles. The Balaban J connectivity index is 1.86. The van der Waals surface area contributed by atoms with Crippen molar-refractivity contribution in [1.82, 2.24) is 4.57 Å². The van der Waals surface area contributed by atoms with Gasteiger partial charge in [-0.15, -0.1) is 0 Å². The van der Waals surface area contributed by atoms with Gasteiger partial charge in [0.25, 0.3) is 0 Å². The van der Waals surface area contributed by atoms with Crippen LogP contribution in [-0.4, -0.2) is 15.9 Å². The number of aliphatic imine (C=N–C) groups is 1. The Morgan fingerprint density at radius 1 is 1.06 bits per heavy atom. The molecule has 178 valence electrons. The molecule has 0 fully saturated rings. The summed E-state index contributed by atoms with van der Waals surface area (Å²) in [4.78, 5) is 4.49. The molecule has 32 heavy (non-hydrogen) atoms. The van der Waals surface area contributed by atoms with Crippen LogP contribution in [0.3, 0.4) is 0 Å². The maximum atomic E-state index is 13.0. The first-order valence-corrected chi connectivity index (χ1v) is 12.7. The van der Waals surface area contributed by atoms with Crippen LogP contribution >= 0.6 is 35.2 Å². The molecule has 1 heterocycles. The molecular weight excluding hydrogens is 477 g/mol. The van der Waals surface area contributed by atoms with Crippen molar-refractivity contribution in [2.45, 2.75) is 83.9 Å². The number of hydrogen-bond acceptors (Lipinski definition) is 4. The summed E-state index contributed by atoms with van der Waals surface area (Å²) in [7, 11) is 0. The molecule has 3 nitrogen and oxygen atoms in total. The van der Waals surface area contributed by atoms with E-state index >= 15 is 0 Å². The van der Waals surface area contributed by atoms with E-state index in [9.17, 15) is 18.3 Å². The third-order valence-electron chi connectivity index (χ3n) is 5.22. The monoisotopic (exact) mass is 506 g/mol. The van der Waals surface area contributed by atoms with E-state index < -0.39 is 11.7 Å². The molecule has 0 radical (unpaired) electrons. The first kappa shape index (κ1) is 26.9. The Morgan fingerprint density at radius 3 is 2.25 bits per heavy atom. The van der Waals surface area contributed by atoms with Gasteiger partial charge in [0, 0.05) is 6.54 Å². The van der Waals surface area contributed by atoms with Gasteiger partial charge in [-0.05, 0) is 36.8 Å². The predicted octanol–water partition coefficient (Wildman–Crippen LogP) is 9.33. The summed E-state index contributed by atoms with van der Waals surface area (Å²) in [5, 5.41) is 10.1. The summed E-state index contributed by atoms with van der Waals surface area (Å²) in [6.07, 6.45) is 8.99. The zero-order valence-electron chi connectivity index (χ0n) is 18.3. The van der Waals surface area contributed by atoms with E-state index in [4.69, 9.17) is 23.8 Å². The molecule has 1 aromatic carbocycles. The standard InChI is InChI=1S/C23H30ClF3N2OS2/c1-2-3-4-5-6-7-8-9-10-11-14-29-21(30)20(32-22(29)31)16-28-17-12-13-19(24)18(15-17)23(25,26)27/h12-13,15-16,30H,2-11,14H2,1H3. The molecule has 2 rings (SSSR count). The van der Waals surface area contributed by atoms with Gasteiger partial charge < -0.3 is 5.11 Å². The summed E-state index contributed by atoms with van der Waals surface area (Å²) in [5.74, 6) is 0.00434. The third kappa shape index (κ3) is 8.52. The number of unbranched alkanes of at least 4 members (excludes halogenated alkanes) is 9. The topological polar surface area (TPSA) is 37.5 Å². The van der Waals surface area contributed by atoms with E-state index in [0.29, 0.717) is 15.4 Å². The van der Waals surface area contributed by atoms with Crippen LogP contribution in [0.25, 0.3) is 0 Å². The molecule has 1 N–H and O–H groups in total. The molecule has 0 aliphatic rings. The highest BCUT2D eigenvalue weighted by Gasteiger charge is 2.33. The Hall–Kier alpha value is -1.38. The molecule has 0 bridgehead atoms. The van der Waals surface area contributed by atoms with Gasteiger partial charge >= 0.3 is 6.18 Å². The van der Waals surface area contributed by atoms with Gasteiger partial charge in [-0.1, -0.05) is 87.6 Å². The molecule has 9 heteroatoms. The minimum atomic E-state index is -4.56. The summed E-state index contributed by atoms with van der Waals surface area (Å²) < 4.78 is 41.2. The fraction of sp³-hybridized carbons (Fsp3) is 0.565. The Labute approximate surface area is 202 Å². The second-order valence-corrected chi connectivity index (χ2v) is 9.89. The van der Waals surface area contributed by atoms with E-state index in [2.05, 4.69) is 11.9 Å². The molecule has 0 aliphatic heterocycles. The van der Waals surface area contributed by atoms with E-state index in [-0.39, 0.29) is 16.6 Å². The van der Waals surface area contributed by atoms with Crippen LogP contribution in [0.15, 0.2) is 23.2 Å². The number of aromatic hydroxyl groups is 1. The second-order valence-electron chi connectivity index (χ2n) is 7.81. The maximum Gasteiger partial charge on any atom is 0.417 e. The van der Waals surface area contributed by atoms with Crippen molar-refractivity contribution in [3.8, 4) is 5.88 Å².